The fraction of sp³-hybridized carbons (Fsp3) is 0.167. The number of fused-ring (bicyclic) bond motifs is 1. The first-order chi connectivity index (χ1) is 12.0. The van der Waals surface area contributed by atoms with E-state index in [4.69, 9.17) is 18.6 Å². The van der Waals surface area contributed by atoms with Gasteiger partial charge in [0.25, 0.3) is 0 Å². The van der Waals surface area contributed by atoms with Gasteiger partial charge in [-0.2, -0.15) is 0 Å². The molecule has 130 valence electrons. The van der Waals surface area contributed by atoms with Crippen LogP contribution >= 0.6 is 0 Å². The van der Waals surface area contributed by atoms with E-state index in [1.807, 2.05) is 0 Å². The molecule has 3 aromatic rings. The summed E-state index contributed by atoms with van der Waals surface area (Å²) in [6.07, 6.45) is 1.27. The first-order valence-electron chi connectivity index (χ1n) is 7.28. The fourth-order valence-electron chi connectivity index (χ4n) is 2.57. The summed E-state index contributed by atoms with van der Waals surface area (Å²) in [5.74, 6) is 0.239. The highest BCUT2D eigenvalue weighted by atomic mass is 16.5. The molecule has 0 aliphatic rings. The van der Waals surface area contributed by atoms with E-state index in [1.165, 1.54) is 51.9 Å². The van der Waals surface area contributed by atoms with Gasteiger partial charge < -0.3 is 28.8 Å². The molecule has 0 amide bonds. The van der Waals surface area contributed by atoms with Crippen LogP contribution in [0.1, 0.15) is 0 Å². The molecule has 0 aliphatic carbocycles. The van der Waals surface area contributed by atoms with Crippen molar-refractivity contribution in [3.63, 3.8) is 0 Å². The predicted octanol–water partition coefficient (Wildman–Crippen LogP) is 2.90. The summed E-state index contributed by atoms with van der Waals surface area (Å²) in [6.45, 7) is 0. The van der Waals surface area contributed by atoms with Crippen molar-refractivity contribution in [3.8, 4) is 39.9 Å². The first kappa shape index (κ1) is 16.5. The molecule has 25 heavy (non-hydrogen) atoms. The van der Waals surface area contributed by atoms with Crippen molar-refractivity contribution in [2.75, 3.05) is 21.3 Å². The Bertz CT molecular complexity index is 979. The summed E-state index contributed by atoms with van der Waals surface area (Å²) in [5, 5.41) is 20.2. The number of phenols is 2. The van der Waals surface area contributed by atoms with Crippen molar-refractivity contribution in [3.05, 3.63) is 40.8 Å². The summed E-state index contributed by atoms with van der Waals surface area (Å²) in [4.78, 5) is 12.8. The smallest absolute Gasteiger partial charge is 0.204 e. The van der Waals surface area contributed by atoms with Crippen molar-refractivity contribution < 1.29 is 28.8 Å². The number of methoxy groups -OCH3 is 3. The van der Waals surface area contributed by atoms with Crippen LogP contribution in [0.3, 0.4) is 0 Å². The highest BCUT2D eigenvalue weighted by molar-refractivity contribution is 5.88. The van der Waals surface area contributed by atoms with Crippen LogP contribution in [0.25, 0.3) is 22.1 Å². The maximum absolute atomic E-state index is 12.8. The van der Waals surface area contributed by atoms with Gasteiger partial charge in [0.15, 0.2) is 11.5 Å². The maximum atomic E-state index is 12.8. The molecule has 0 spiro atoms. The number of rotatable bonds is 4. The monoisotopic (exact) mass is 344 g/mol. The summed E-state index contributed by atoms with van der Waals surface area (Å²) in [6, 6.07) is 5.81. The Hall–Kier alpha value is -3.35. The minimum absolute atomic E-state index is 0.0318. The van der Waals surface area contributed by atoms with Crippen LogP contribution in [-0.2, 0) is 0 Å². The topological polar surface area (TPSA) is 98.4 Å². The van der Waals surface area contributed by atoms with E-state index < -0.39 is 5.43 Å². The minimum atomic E-state index is -0.434. The molecule has 0 atom stereocenters. The molecule has 0 fully saturated rings. The van der Waals surface area contributed by atoms with Crippen LogP contribution in [0.5, 0.6) is 28.7 Å². The number of benzene rings is 2. The second-order valence-electron chi connectivity index (χ2n) is 5.23. The van der Waals surface area contributed by atoms with Gasteiger partial charge in [0.2, 0.25) is 11.2 Å². The summed E-state index contributed by atoms with van der Waals surface area (Å²) in [7, 11) is 4.22. The van der Waals surface area contributed by atoms with E-state index in [0.717, 1.165) is 0 Å². The quantitative estimate of drug-likeness (QED) is 0.751. The van der Waals surface area contributed by atoms with Gasteiger partial charge in [0.05, 0.1) is 26.9 Å². The normalized spacial score (nSPS) is 10.7. The van der Waals surface area contributed by atoms with Gasteiger partial charge in [0, 0.05) is 12.1 Å². The number of hydrogen-bond donors (Lipinski definition) is 2. The van der Waals surface area contributed by atoms with Crippen molar-refractivity contribution in [2.24, 2.45) is 0 Å². The number of ether oxygens (including phenoxy) is 3. The summed E-state index contributed by atoms with van der Waals surface area (Å²) >= 11 is 0. The van der Waals surface area contributed by atoms with E-state index in [-0.39, 0.29) is 39.5 Å². The lowest BCUT2D eigenvalue weighted by molar-refractivity contribution is 0.340. The van der Waals surface area contributed by atoms with Crippen LogP contribution in [-0.4, -0.2) is 31.5 Å². The third-order valence-electron chi connectivity index (χ3n) is 3.86. The average molecular weight is 344 g/mol. The molecule has 3 rings (SSSR count). The zero-order valence-electron chi connectivity index (χ0n) is 13.8. The van der Waals surface area contributed by atoms with Crippen molar-refractivity contribution in [1.82, 2.24) is 0 Å². The van der Waals surface area contributed by atoms with E-state index in [2.05, 4.69) is 0 Å². The van der Waals surface area contributed by atoms with E-state index in [0.29, 0.717) is 11.3 Å². The highest BCUT2D eigenvalue weighted by Gasteiger charge is 2.18. The summed E-state index contributed by atoms with van der Waals surface area (Å²) in [5.41, 5.74) is 0.362. The Kier molecular flexibility index (Phi) is 4.14. The highest BCUT2D eigenvalue weighted by Crippen LogP contribution is 2.40. The molecule has 0 bridgehead atoms. The minimum Gasteiger partial charge on any atom is -0.507 e. The van der Waals surface area contributed by atoms with Gasteiger partial charge in [0.1, 0.15) is 28.7 Å². The second-order valence-corrected chi connectivity index (χ2v) is 5.23. The van der Waals surface area contributed by atoms with Crippen LogP contribution in [0.2, 0.25) is 0 Å². The van der Waals surface area contributed by atoms with Gasteiger partial charge in [-0.15, -0.1) is 0 Å². The van der Waals surface area contributed by atoms with Crippen LogP contribution < -0.4 is 19.6 Å². The number of aromatic hydroxyl groups is 2. The lowest BCUT2D eigenvalue weighted by atomic mass is 10.0. The lowest BCUT2D eigenvalue weighted by Gasteiger charge is -2.11. The lowest BCUT2D eigenvalue weighted by Crippen LogP contribution is -2.05. The molecular weight excluding hydrogens is 328 g/mol. The molecule has 0 unspecified atom stereocenters. The average Bonchev–Trinajstić information content (AvgIpc) is 2.61. The molecule has 0 aliphatic heterocycles. The van der Waals surface area contributed by atoms with Crippen LogP contribution in [0.4, 0.5) is 0 Å². The van der Waals surface area contributed by atoms with Gasteiger partial charge in [-0.1, -0.05) is 0 Å². The van der Waals surface area contributed by atoms with Crippen molar-refractivity contribution >= 4 is 11.0 Å². The molecule has 1 aromatic heterocycles. The van der Waals surface area contributed by atoms with Crippen molar-refractivity contribution in [2.45, 2.75) is 0 Å². The molecule has 0 saturated carbocycles. The van der Waals surface area contributed by atoms with E-state index in [1.54, 1.807) is 0 Å². The Balaban J connectivity index is 2.29. The Morgan fingerprint density at radius 3 is 2.12 bits per heavy atom. The third kappa shape index (κ3) is 2.69. The Labute approximate surface area is 142 Å². The molecule has 0 radical (unpaired) electrons. The van der Waals surface area contributed by atoms with Gasteiger partial charge >= 0.3 is 0 Å². The Morgan fingerprint density at radius 2 is 1.56 bits per heavy atom. The summed E-state index contributed by atoms with van der Waals surface area (Å²) < 4.78 is 20.7. The van der Waals surface area contributed by atoms with Crippen LogP contribution in [0, 0.1) is 0 Å². The largest absolute Gasteiger partial charge is 0.507 e. The molecule has 7 nitrogen and oxygen atoms in total. The van der Waals surface area contributed by atoms with E-state index >= 15 is 0 Å². The van der Waals surface area contributed by atoms with Crippen molar-refractivity contribution in [1.29, 1.82) is 0 Å². The van der Waals surface area contributed by atoms with Gasteiger partial charge in [-0.3, -0.25) is 4.79 Å². The molecule has 1 heterocycles. The number of hydrogen-bond acceptors (Lipinski definition) is 7. The zero-order valence-corrected chi connectivity index (χ0v) is 13.8. The molecule has 2 aromatic carbocycles. The SMILES string of the molecule is COc1cc(O)c2c(=O)c(-c3cc(OC)c(O)c(OC)c3)coc2c1. The number of phenolic OH excluding ortho intramolecular Hbond substituents is 2. The van der Waals surface area contributed by atoms with Gasteiger partial charge in [-0.05, 0) is 17.7 Å². The first-order valence-corrected chi connectivity index (χ1v) is 7.28. The fourth-order valence-corrected chi connectivity index (χ4v) is 2.57. The second kappa shape index (κ2) is 6.27. The van der Waals surface area contributed by atoms with Gasteiger partial charge in [-0.25, -0.2) is 0 Å². The molecular formula is C18H16O7. The molecule has 7 heteroatoms. The maximum Gasteiger partial charge on any atom is 0.204 e. The zero-order chi connectivity index (χ0) is 18.1. The van der Waals surface area contributed by atoms with E-state index in [9.17, 15) is 15.0 Å². The van der Waals surface area contributed by atoms with Crippen LogP contribution in [0.15, 0.2) is 39.7 Å². The molecule has 0 saturated heterocycles. The Morgan fingerprint density at radius 1 is 0.920 bits per heavy atom. The standard InChI is InChI=1S/C18H16O7/c1-22-10-6-12(19)16-13(7-10)25-8-11(17(16)20)9-4-14(23-2)18(21)15(5-9)24-3/h4-8,19,21H,1-3H3. The predicted molar refractivity (Wildman–Crippen MR) is 90.9 cm³/mol. The molecule has 2 N–H and O–H groups in total. The third-order valence-corrected chi connectivity index (χ3v) is 3.86.